The Morgan fingerprint density at radius 1 is 1.50 bits per heavy atom. The van der Waals surface area contributed by atoms with Crippen LogP contribution in [-0.2, 0) is 13.0 Å². The number of aliphatic hydroxyl groups is 1. The van der Waals surface area contributed by atoms with Crippen LogP contribution in [0.15, 0.2) is 6.20 Å². The molecule has 1 fully saturated rings. The smallest absolute Gasteiger partial charge is 0.267 e. The van der Waals surface area contributed by atoms with Gasteiger partial charge in [-0.15, -0.1) is 0 Å². The maximum atomic E-state index is 13.4. The van der Waals surface area contributed by atoms with Gasteiger partial charge in [-0.1, -0.05) is 0 Å². The average Bonchev–Trinajstić information content (AvgIpc) is 2.98. The van der Waals surface area contributed by atoms with Crippen LogP contribution in [0.1, 0.15) is 35.3 Å². The fourth-order valence-electron chi connectivity index (χ4n) is 3.05. The molecule has 3 rings (SSSR count). The van der Waals surface area contributed by atoms with E-state index < -0.39 is 37.4 Å². The highest BCUT2D eigenvalue weighted by Gasteiger charge is 2.47. The van der Waals surface area contributed by atoms with Gasteiger partial charge in [0.25, 0.3) is 11.8 Å². The fraction of sp³-hybridized carbons (Fsp3) is 0.692. The topological polar surface area (TPSA) is 58.4 Å². The lowest BCUT2D eigenvalue weighted by molar-refractivity contribution is 0.0115. The number of carbonyl (C=O) groups excluding carboxylic acids is 1. The van der Waals surface area contributed by atoms with Crippen molar-refractivity contribution in [3.05, 3.63) is 17.5 Å². The third-order valence-corrected chi connectivity index (χ3v) is 4.06. The zero-order valence-corrected chi connectivity index (χ0v) is 11.1. The van der Waals surface area contributed by atoms with Crippen LogP contribution in [-0.4, -0.2) is 50.8 Å². The number of aliphatic hydroxyl groups excluding tert-OH is 1. The van der Waals surface area contributed by atoms with Crippen LogP contribution in [0.3, 0.4) is 0 Å². The number of hydrogen-bond acceptors (Lipinski definition) is 3. The molecule has 1 saturated heterocycles. The van der Waals surface area contributed by atoms with Gasteiger partial charge in [-0.25, -0.2) is 8.78 Å². The van der Waals surface area contributed by atoms with Gasteiger partial charge in [0.15, 0.2) is 0 Å². The summed E-state index contributed by atoms with van der Waals surface area (Å²) in [6.45, 7) is -0.297. The van der Waals surface area contributed by atoms with Crippen LogP contribution in [0.4, 0.5) is 8.78 Å². The summed E-state index contributed by atoms with van der Waals surface area (Å²) in [6.07, 6.45) is 3.73. The zero-order valence-electron chi connectivity index (χ0n) is 11.1. The van der Waals surface area contributed by atoms with Gasteiger partial charge in [-0.2, -0.15) is 5.10 Å². The molecule has 0 saturated carbocycles. The molecule has 5 nitrogen and oxygen atoms in total. The predicted octanol–water partition coefficient (Wildman–Crippen LogP) is 1.06. The van der Waals surface area contributed by atoms with E-state index in [1.165, 1.54) is 6.20 Å². The molecular formula is C13H17F2N3O2. The molecule has 1 amide bonds. The largest absolute Gasteiger partial charge is 0.394 e. The van der Waals surface area contributed by atoms with Gasteiger partial charge >= 0.3 is 0 Å². The van der Waals surface area contributed by atoms with Crippen LogP contribution in [0.5, 0.6) is 0 Å². The van der Waals surface area contributed by atoms with Crippen molar-refractivity contribution in [3.63, 3.8) is 0 Å². The zero-order chi connectivity index (χ0) is 14.3. The highest BCUT2D eigenvalue weighted by atomic mass is 19.3. The minimum Gasteiger partial charge on any atom is -0.394 e. The first-order valence-electron chi connectivity index (χ1n) is 6.86. The number of likely N-dealkylation sites (tertiary alicyclic amines) is 1. The molecule has 2 aliphatic rings. The number of halogens is 2. The summed E-state index contributed by atoms with van der Waals surface area (Å²) in [5, 5.41) is 13.4. The highest BCUT2D eigenvalue weighted by Crippen LogP contribution is 2.33. The molecule has 1 unspecified atom stereocenters. The lowest BCUT2D eigenvalue weighted by Gasteiger charge is -2.23. The number of amides is 1. The Bertz CT molecular complexity index is 530. The van der Waals surface area contributed by atoms with Gasteiger partial charge in [-0.3, -0.25) is 9.48 Å². The van der Waals surface area contributed by atoms with Gasteiger partial charge in [0.05, 0.1) is 36.6 Å². The monoisotopic (exact) mass is 285 g/mol. The molecule has 0 aromatic carbocycles. The Morgan fingerprint density at radius 3 is 3.05 bits per heavy atom. The van der Waals surface area contributed by atoms with E-state index >= 15 is 0 Å². The number of alkyl halides is 2. The summed E-state index contributed by atoms with van der Waals surface area (Å²) >= 11 is 0. The summed E-state index contributed by atoms with van der Waals surface area (Å²) in [5.41, 5.74) is 1.23. The summed E-state index contributed by atoms with van der Waals surface area (Å²) in [7, 11) is 0. The van der Waals surface area contributed by atoms with Gasteiger partial charge in [0.2, 0.25) is 0 Å². The van der Waals surface area contributed by atoms with Crippen LogP contribution in [0.25, 0.3) is 0 Å². The van der Waals surface area contributed by atoms with Crippen LogP contribution in [0.2, 0.25) is 0 Å². The van der Waals surface area contributed by atoms with Gasteiger partial charge in [0.1, 0.15) is 0 Å². The van der Waals surface area contributed by atoms with Crippen molar-refractivity contribution in [2.24, 2.45) is 0 Å². The number of hydrogen-bond donors (Lipinski definition) is 1. The second-order valence-electron chi connectivity index (χ2n) is 5.51. The number of aromatic nitrogens is 2. The van der Waals surface area contributed by atoms with Crippen molar-refractivity contribution in [2.45, 2.75) is 44.2 Å². The quantitative estimate of drug-likeness (QED) is 0.884. The number of fused-ring (bicyclic) bond motifs is 1. The number of nitrogens with zero attached hydrogens (tertiary/aromatic N) is 3. The molecule has 7 heteroatoms. The fourth-order valence-corrected chi connectivity index (χ4v) is 3.05. The highest BCUT2D eigenvalue weighted by molar-refractivity contribution is 5.95. The Morgan fingerprint density at radius 2 is 2.30 bits per heavy atom. The second kappa shape index (κ2) is 4.80. The first-order chi connectivity index (χ1) is 9.52. The molecule has 0 bridgehead atoms. The van der Waals surface area contributed by atoms with E-state index in [4.69, 9.17) is 0 Å². The number of aryl methyl sites for hydroxylation is 1. The minimum atomic E-state index is -2.92. The van der Waals surface area contributed by atoms with Crippen molar-refractivity contribution >= 4 is 5.91 Å². The molecule has 110 valence electrons. The van der Waals surface area contributed by atoms with E-state index in [1.807, 2.05) is 0 Å². The maximum Gasteiger partial charge on any atom is 0.267 e. The van der Waals surface area contributed by atoms with Crippen molar-refractivity contribution < 1.29 is 18.7 Å². The van der Waals surface area contributed by atoms with Gasteiger partial charge in [0, 0.05) is 13.0 Å². The van der Waals surface area contributed by atoms with E-state index in [0.29, 0.717) is 5.56 Å². The standard InChI is InChI=1S/C13H17F2N3O2/c14-13(15)5-9(7-19)17(8-13)12(20)10-6-16-18-4-2-1-3-11(10)18/h6,9,19H,1-5,7-8H2. The van der Waals surface area contributed by atoms with E-state index in [2.05, 4.69) is 5.10 Å². The summed E-state index contributed by atoms with van der Waals surface area (Å²) < 4.78 is 28.7. The van der Waals surface area contributed by atoms with Crippen LogP contribution in [0, 0.1) is 0 Å². The van der Waals surface area contributed by atoms with Crippen molar-refractivity contribution in [2.75, 3.05) is 13.2 Å². The molecule has 1 aromatic rings. The Labute approximate surface area is 115 Å². The average molecular weight is 285 g/mol. The van der Waals surface area contributed by atoms with E-state index in [9.17, 15) is 18.7 Å². The van der Waals surface area contributed by atoms with E-state index in [1.54, 1.807) is 4.68 Å². The predicted molar refractivity (Wildman–Crippen MR) is 66.6 cm³/mol. The molecule has 1 aromatic heterocycles. The molecular weight excluding hydrogens is 268 g/mol. The molecule has 0 radical (unpaired) electrons. The van der Waals surface area contributed by atoms with Crippen LogP contribution < -0.4 is 0 Å². The van der Waals surface area contributed by atoms with Crippen molar-refractivity contribution in [1.29, 1.82) is 0 Å². The first kappa shape index (κ1) is 13.5. The van der Waals surface area contributed by atoms with Crippen LogP contribution >= 0.6 is 0 Å². The Kier molecular flexibility index (Phi) is 3.24. The first-order valence-corrected chi connectivity index (χ1v) is 6.86. The maximum absolute atomic E-state index is 13.4. The molecule has 3 heterocycles. The molecule has 20 heavy (non-hydrogen) atoms. The Balaban J connectivity index is 1.87. The lowest BCUT2D eigenvalue weighted by Crippen LogP contribution is -2.38. The lowest BCUT2D eigenvalue weighted by atomic mass is 10.1. The molecule has 1 atom stereocenters. The van der Waals surface area contributed by atoms with Gasteiger partial charge < -0.3 is 10.0 Å². The normalized spacial score (nSPS) is 24.8. The third kappa shape index (κ3) is 2.19. The summed E-state index contributed by atoms with van der Waals surface area (Å²) in [5.74, 6) is -3.36. The molecule has 0 spiro atoms. The SMILES string of the molecule is O=C(c1cnn2c1CCCC2)N1CC(F)(F)CC1CO. The minimum absolute atomic E-state index is 0.404. The molecule has 0 aliphatic carbocycles. The van der Waals surface area contributed by atoms with Crippen molar-refractivity contribution in [1.82, 2.24) is 14.7 Å². The molecule has 2 aliphatic heterocycles. The second-order valence-corrected chi connectivity index (χ2v) is 5.51. The third-order valence-electron chi connectivity index (χ3n) is 4.06. The Hall–Kier alpha value is -1.50. The van der Waals surface area contributed by atoms with E-state index in [-0.39, 0.29) is 0 Å². The van der Waals surface area contributed by atoms with Gasteiger partial charge in [-0.05, 0) is 19.3 Å². The summed E-state index contributed by atoms with van der Waals surface area (Å²) in [6, 6.07) is -0.809. The summed E-state index contributed by atoms with van der Waals surface area (Å²) in [4.78, 5) is 13.6. The van der Waals surface area contributed by atoms with Crippen molar-refractivity contribution in [3.8, 4) is 0 Å². The number of rotatable bonds is 2. The molecule has 1 N–H and O–H groups in total. The van der Waals surface area contributed by atoms with E-state index in [0.717, 1.165) is 36.4 Å². The number of carbonyl (C=O) groups is 1.